The fraction of sp³-hybridized carbons (Fsp3) is 0.429. The smallest absolute Gasteiger partial charge is 0.243 e. The van der Waals surface area contributed by atoms with Gasteiger partial charge in [0.15, 0.2) is 4.77 Å². The average Bonchev–Trinajstić information content (AvgIpc) is 2.60. The molecule has 0 radical (unpaired) electrons. The quantitative estimate of drug-likeness (QED) is 0.828. The molecule has 1 heterocycles. The van der Waals surface area contributed by atoms with Gasteiger partial charge in [0.2, 0.25) is 5.91 Å². The molecule has 6 heteroatoms. The number of nitrogens with one attached hydrogen (secondary N) is 2. The second kappa shape index (κ2) is 5.22. The van der Waals surface area contributed by atoms with E-state index >= 15 is 0 Å². The molecule has 0 bridgehead atoms. The highest BCUT2D eigenvalue weighted by atomic mass is 35.5. The summed E-state index contributed by atoms with van der Waals surface area (Å²) in [6.45, 7) is 7.68. The minimum absolute atomic E-state index is 0.0653. The number of H-pyrrole nitrogens is 1. The van der Waals surface area contributed by atoms with E-state index < -0.39 is 6.04 Å². The number of hydrogen-bond donors (Lipinski definition) is 2. The van der Waals surface area contributed by atoms with Gasteiger partial charge in [-0.3, -0.25) is 4.79 Å². The van der Waals surface area contributed by atoms with Gasteiger partial charge in [-0.2, -0.15) is 0 Å². The number of carbonyl (C=O) groups excluding carboxylic acids is 1. The summed E-state index contributed by atoms with van der Waals surface area (Å²) in [6.07, 6.45) is 0. The topological polar surface area (TPSA) is 49.8 Å². The Morgan fingerprint density at radius 3 is 2.70 bits per heavy atom. The Hall–Kier alpha value is -1.33. The van der Waals surface area contributed by atoms with Gasteiger partial charge in [-0.15, -0.1) is 0 Å². The Morgan fingerprint density at radius 2 is 2.10 bits per heavy atom. The zero-order chi connectivity index (χ0) is 15.1. The molecule has 108 valence electrons. The third-order valence-electron chi connectivity index (χ3n) is 2.94. The first-order valence-corrected chi connectivity index (χ1v) is 7.19. The van der Waals surface area contributed by atoms with Gasteiger partial charge in [-0.25, -0.2) is 0 Å². The van der Waals surface area contributed by atoms with Crippen LogP contribution in [-0.2, 0) is 4.79 Å². The Morgan fingerprint density at radius 1 is 1.45 bits per heavy atom. The molecule has 0 fully saturated rings. The Labute approximate surface area is 128 Å². The molecule has 1 aromatic heterocycles. The van der Waals surface area contributed by atoms with Gasteiger partial charge < -0.3 is 14.9 Å². The summed E-state index contributed by atoms with van der Waals surface area (Å²) in [5, 5.41) is 3.60. The van der Waals surface area contributed by atoms with Crippen LogP contribution in [0.15, 0.2) is 18.2 Å². The molecule has 1 aromatic carbocycles. The summed E-state index contributed by atoms with van der Waals surface area (Å²) in [5.74, 6) is -0.0653. The number of fused-ring (bicyclic) bond motifs is 1. The van der Waals surface area contributed by atoms with Crippen LogP contribution in [0.2, 0.25) is 5.02 Å². The number of hydrogen-bond acceptors (Lipinski definition) is 2. The number of benzene rings is 1. The van der Waals surface area contributed by atoms with Crippen LogP contribution in [0.5, 0.6) is 0 Å². The Bertz CT molecular complexity index is 711. The lowest BCUT2D eigenvalue weighted by atomic mass is 10.1. The molecule has 4 nitrogen and oxygen atoms in total. The van der Waals surface area contributed by atoms with Gasteiger partial charge in [0.05, 0.1) is 11.0 Å². The molecule has 1 amide bonds. The summed E-state index contributed by atoms with van der Waals surface area (Å²) in [6, 6.07) is 5.07. The molecule has 20 heavy (non-hydrogen) atoms. The monoisotopic (exact) mass is 311 g/mol. The van der Waals surface area contributed by atoms with Crippen LogP contribution in [0.1, 0.15) is 33.7 Å². The predicted octanol–water partition coefficient (Wildman–Crippen LogP) is 3.83. The number of carbonyl (C=O) groups is 1. The SMILES string of the molecule is CC(C(=O)NC(C)(C)C)n1c(=S)[nH]c2cc(Cl)ccc21. The molecule has 2 N–H and O–H groups in total. The van der Waals surface area contributed by atoms with E-state index in [2.05, 4.69) is 10.3 Å². The third-order valence-corrected chi connectivity index (χ3v) is 3.48. The molecule has 1 atom stereocenters. The number of aromatic amines is 1. The third kappa shape index (κ3) is 3.04. The van der Waals surface area contributed by atoms with Crippen LogP contribution in [0, 0.1) is 4.77 Å². The number of rotatable bonds is 2. The molecule has 0 spiro atoms. The number of aromatic nitrogens is 2. The summed E-state index contributed by atoms with van der Waals surface area (Å²) in [5.41, 5.74) is 1.43. The highest BCUT2D eigenvalue weighted by Crippen LogP contribution is 2.22. The number of amides is 1. The summed E-state index contributed by atoms with van der Waals surface area (Å²) in [4.78, 5) is 15.4. The van der Waals surface area contributed by atoms with E-state index in [1.54, 1.807) is 12.1 Å². The van der Waals surface area contributed by atoms with Crippen molar-refractivity contribution < 1.29 is 4.79 Å². The number of nitrogens with zero attached hydrogens (tertiary/aromatic N) is 1. The standard InChI is InChI=1S/C14H18ClN3OS/c1-8(12(19)17-14(2,3)4)18-11-6-5-9(15)7-10(11)16-13(18)20/h5-8H,1-4H3,(H,16,20)(H,17,19). The average molecular weight is 312 g/mol. The molecule has 2 aromatic rings. The van der Waals surface area contributed by atoms with Gasteiger partial charge >= 0.3 is 0 Å². The zero-order valence-corrected chi connectivity index (χ0v) is 13.5. The van der Waals surface area contributed by atoms with Crippen molar-refractivity contribution in [2.75, 3.05) is 0 Å². The number of halogens is 1. The fourth-order valence-electron chi connectivity index (χ4n) is 2.08. The van der Waals surface area contributed by atoms with E-state index in [9.17, 15) is 4.79 Å². The molecule has 0 aliphatic heterocycles. The van der Waals surface area contributed by atoms with Crippen molar-refractivity contribution in [1.29, 1.82) is 0 Å². The lowest BCUT2D eigenvalue weighted by molar-refractivity contribution is -0.125. The number of imidazole rings is 1. The van der Waals surface area contributed by atoms with E-state index in [1.807, 2.05) is 38.3 Å². The van der Waals surface area contributed by atoms with Crippen LogP contribution >= 0.6 is 23.8 Å². The molecular formula is C14H18ClN3OS. The molecule has 1 unspecified atom stereocenters. The maximum atomic E-state index is 12.3. The van der Waals surface area contributed by atoms with Gasteiger partial charge in [0.25, 0.3) is 0 Å². The second-order valence-corrected chi connectivity index (χ2v) is 6.70. The van der Waals surface area contributed by atoms with Crippen molar-refractivity contribution >= 4 is 40.8 Å². The maximum Gasteiger partial charge on any atom is 0.243 e. The minimum Gasteiger partial charge on any atom is -0.350 e. The lowest BCUT2D eigenvalue weighted by Gasteiger charge is -2.24. The van der Waals surface area contributed by atoms with E-state index in [-0.39, 0.29) is 11.4 Å². The van der Waals surface area contributed by atoms with Gasteiger partial charge in [0, 0.05) is 10.6 Å². The normalized spacial score (nSPS) is 13.4. The van der Waals surface area contributed by atoms with Crippen molar-refractivity contribution in [3.05, 3.63) is 28.0 Å². The highest BCUT2D eigenvalue weighted by molar-refractivity contribution is 7.71. The largest absolute Gasteiger partial charge is 0.350 e. The first-order valence-electron chi connectivity index (χ1n) is 6.41. The van der Waals surface area contributed by atoms with Gasteiger partial charge in [-0.05, 0) is 58.1 Å². The Kier molecular flexibility index (Phi) is 3.93. The molecule has 0 aliphatic rings. The van der Waals surface area contributed by atoms with Gasteiger partial charge in [-0.1, -0.05) is 11.6 Å². The first kappa shape index (κ1) is 15.1. The van der Waals surface area contributed by atoms with Crippen LogP contribution in [0.3, 0.4) is 0 Å². The molecule has 0 saturated heterocycles. The van der Waals surface area contributed by atoms with Crippen LogP contribution in [-0.4, -0.2) is 21.0 Å². The first-order chi connectivity index (χ1) is 9.19. The molecule has 2 rings (SSSR count). The lowest BCUT2D eigenvalue weighted by Crippen LogP contribution is -2.43. The van der Waals surface area contributed by atoms with E-state index in [1.165, 1.54) is 0 Å². The highest BCUT2D eigenvalue weighted by Gasteiger charge is 2.22. The van der Waals surface area contributed by atoms with Crippen LogP contribution in [0.25, 0.3) is 11.0 Å². The van der Waals surface area contributed by atoms with Crippen molar-refractivity contribution in [1.82, 2.24) is 14.9 Å². The van der Waals surface area contributed by atoms with Crippen LogP contribution < -0.4 is 5.32 Å². The minimum atomic E-state index is -0.392. The predicted molar refractivity (Wildman–Crippen MR) is 84.7 cm³/mol. The fourth-order valence-corrected chi connectivity index (χ4v) is 2.62. The van der Waals surface area contributed by atoms with Crippen molar-refractivity contribution in [2.45, 2.75) is 39.3 Å². The van der Waals surface area contributed by atoms with E-state index in [4.69, 9.17) is 23.8 Å². The molecule has 0 saturated carbocycles. The maximum absolute atomic E-state index is 12.3. The zero-order valence-electron chi connectivity index (χ0n) is 12.0. The summed E-state index contributed by atoms with van der Waals surface area (Å²) < 4.78 is 2.32. The summed E-state index contributed by atoms with van der Waals surface area (Å²) in [7, 11) is 0. The Balaban J connectivity index is 2.45. The van der Waals surface area contributed by atoms with Crippen molar-refractivity contribution in [3.63, 3.8) is 0 Å². The van der Waals surface area contributed by atoms with Crippen molar-refractivity contribution in [2.24, 2.45) is 0 Å². The van der Waals surface area contributed by atoms with Crippen LogP contribution in [0.4, 0.5) is 0 Å². The van der Waals surface area contributed by atoms with E-state index in [0.717, 1.165) is 11.0 Å². The van der Waals surface area contributed by atoms with Crippen molar-refractivity contribution in [3.8, 4) is 0 Å². The van der Waals surface area contributed by atoms with Gasteiger partial charge in [0.1, 0.15) is 6.04 Å². The van der Waals surface area contributed by atoms with E-state index in [0.29, 0.717) is 9.79 Å². The molecular weight excluding hydrogens is 294 g/mol. The second-order valence-electron chi connectivity index (χ2n) is 5.88. The molecule has 0 aliphatic carbocycles. The summed E-state index contributed by atoms with van der Waals surface area (Å²) >= 11 is 11.3.